The van der Waals surface area contributed by atoms with E-state index >= 15 is 0 Å². The van der Waals surface area contributed by atoms with E-state index in [0.29, 0.717) is 23.0 Å². The van der Waals surface area contributed by atoms with Crippen LogP contribution >= 0.6 is 11.6 Å². The van der Waals surface area contributed by atoms with Crippen molar-refractivity contribution in [3.63, 3.8) is 0 Å². The highest BCUT2D eigenvalue weighted by Crippen LogP contribution is 2.16. The zero-order valence-electron chi connectivity index (χ0n) is 14.2. The van der Waals surface area contributed by atoms with Crippen LogP contribution in [0.4, 0.5) is 0 Å². The smallest absolute Gasteiger partial charge is 0.252 e. The SMILES string of the molecule is CC1CNCCC1NC(=O)c1ccc(=O)n(Cc2ccccc2Cl)c1. The quantitative estimate of drug-likeness (QED) is 0.880. The normalized spacial score (nSPS) is 20.2. The van der Waals surface area contributed by atoms with E-state index < -0.39 is 0 Å². The van der Waals surface area contributed by atoms with Gasteiger partial charge in [0.25, 0.3) is 11.5 Å². The van der Waals surface area contributed by atoms with Gasteiger partial charge in [-0.05, 0) is 43.1 Å². The first kappa shape index (κ1) is 17.7. The Hall–Kier alpha value is -2.11. The van der Waals surface area contributed by atoms with Crippen LogP contribution in [0.1, 0.15) is 29.3 Å². The Morgan fingerprint density at radius 1 is 1.32 bits per heavy atom. The van der Waals surface area contributed by atoms with E-state index in [1.807, 2.05) is 18.2 Å². The second kappa shape index (κ2) is 7.85. The van der Waals surface area contributed by atoms with Crippen LogP contribution in [0.5, 0.6) is 0 Å². The number of nitrogens with zero attached hydrogens (tertiary/aromatic N) is 1. The molecule has 1 aromatic carbocycles. The van der Waals surface area contributed by atoms with E-state index in [1.165, 1.54) is 10.6 Å². The predicted molar refractivity (Wildman–Crippen MR) is 99.2 cm³/mol. The zero-order chi connectivity index (χ0) is 17.8. The van der Waals surface area contributed by atoms with Crippen molar-refractivity contribution < 1.29 is 4.79 Å². The summed E-state index contributed by atoms with van der Waals surface area (Å²) < 4.78 is 1.52. The van der Waals surface area contributed by atoms with E-state index in [4.69, 9.17) is 11.6 Å². The number of carbonyl (C=O) groups excluding carboxylic acids is 1. The molecule has 3 rings (SSSR count). The molecular formula is C19H22ClN3O2. The molecule has 5 nitrogen and oxygen atoms in total. The number of rotatable bonds is 4. The summed E-state index contributed by atoms with van der Waals surface area (Å²) in [4.78, 5) is 24.7. The summed E-state index contributed by atoms with van der Waals surface area (Å²) in [5.41, 5.74) is 1.17. The van der Waals surface area contributed by atoms with Crippen molar-refractivity contribution in [1.29, 1.82) is 0 Å². The zero-order valence-corrected chi connectivity index (χ0v) is 14.9. The van der Waals surface area contributed by atoms with Crippen molar-refractivity contribution in [2.45, 2.75) is 25.9 Å². The maximum absolute atomic E-state index is 12.6. The van der Waals surface area contributed by atoms with Gasteiger partial charge in [0.1, 0.15) is 0 Å². The first-order valence-corrected chi connectivity index (χ1v) is 8.88. The number of hydrogen-bond acceptors (Lipinski definition) is 3. The van der Waals surface area contributed by atoms with Crippen molar-refractivity contribution in [3.05, 3.63) is 69.1 Å². The summed E-state index contributed by atoms with van der Waals surface area (Å²) in [6, 6.07) is 10.5. The summed E-state index contributed by atoms with van der Waals surface area (Å²) in [5, 5.41) is 7.01. The lowest BCUT2D eigenvalue weighted by Crippen LogP contribution is -2.48. The molecule has 1 fully saturated rings. The fourth-order valence-corrected chi connectivity index (χ4v) is 3.28. The van der Waals surface area contributed by atoms with Gasteiger partial charge in [0.05, 0.1) is 12.1 Å². The molecule has 0 spiro atoms. The van der Waals surface area contributed by atoms with Crippen molar-refractivity contribution in [2.75, 3.05) is 13.1 Å². The Morgan fingerprint density at radius 2 is 2.12 bits per heavy atom. The van der Waals surface area contributed by atoms with Crippen molar-refractivity contribution in [3.8, 4) is 0 Å². The number of benzene rings is 1. The fraction of sp³-hybridized carbons (Fsp3) is 0.368. The minimum Gasteiger partial charge on any atom is -0.349 e. The highest BCUT2D eigenvalue weighted by Gasteiger charge is 2.23. The minimum atomic E-state index is -0.160. The predicted octanol–water partition coefficient (Wildman–Crippen LogP) is 2.28. The highest BCUT2D eigenvalue weighted by atomic mass is 35.5. The largest absolute Gasteiger partial charge is 0.349 e. The summed E-state index contributed by atoms with van der Waals surface area (Å²) in [6.07, 6.45) is 2.51. The van der Waals surface area contributed by atoms with Gasteiger partial charge in [0.2, 0.25) is 0 Å². The monoisotopic (exact) mass is 359 g/mol. The number of hydrogen-bond donors (Lipinski definition) is 2. The molecule has 1 saturated heterocycles. The van der Waals surface area contributed by atoms with Gasteiger partial charge < -0.3 is 15.2 Å². The van der Waals surface area contributed by atoms with Crippen molar-refractivity contribution in [1.82, 2.24) is 15.2 Å². The lowest BCUT2D eigenvalue weighted by atomic mass is 9.95. The lowest BCUT2D eigenvalue weighted by Gasteiger charge is -2.30. The second-order valence-electron chi connectivity index (χ2n) is 6.53. The van der Waals surface area contributed by atoms with Gasteiger partial charge in [-0.3, -0.25) is 9.59 Å². The topological polar surface area (TPSA) is 63.1 Å². The number of nitrogens with one attached hydrogen (secondary N) is 2. The van der Waals surface area contributed by atoms with Gasteiger partial charge in [-0.1, -0.05) is 36.7 Å². The molecule has 2 aromatic rings. The Bertz CT molecular complexity index is 818. The molecule has 2 N–H and O–H groups in total. The van der Waals surface area contributed by atoms with E-state index in [-0.39, 0.29) is 17.5 Å². The maximum atomic E-state index is 12.6. The van der Waals surface area contributed by atoms with Crippen LogP contribution in [0.15, 0.2) is 47.4 Å². The Kier molecular flexibility index (Phi) is 5.56. The number of pyridine rings is 1. The van der Waals surface area contributed by atoms with Gasteiger partial charge in [-0.2, -0.15) is 0 Å². The molecule has 132 valence electrons. The summed E-state index contributed by atoms with van der Waals surface area (Å²) >= 11 is 6.17. The molecule has 6 heteroatoms. The van der Waals surface area contributed by atoms with Crippen molar-refractivity contribution >= 4 is 17.5 Å². The van der Waals surface area contributed by atoms with Crippen LogP contribution < -0.4 is 16.2 Å². The number of piperidine rings is 1. The number of aromatic nitrogens is 1. The molecule has 1 aromatic heterocycles. The van der Waals surface area contributed by atoms with Gasteiger partial charge >= 0.3 is 0 Å². The van der Waals surface area contributed by atoms with E-state index in [1.54, 1.807) is 18.3 Å². The third-order valence-electron chi connectivity index (χ3n) is 4.65. The minimum absolute atomic E-state index is 0.147. The molecule has 2 atom stereocenters. The maximum Gasteiger partial charge on any atom is 0.252 e. The van der Waals surface area contributed by atoms with Crippen LogP contribution in [-0.4, -0.2) is 29.6 Å². The number of carbonyl (C=O) groups is 1. The van der Waals surface area contributed by atoms with Gasteiger partial charge in [-0.15, -0.1) is 0 Å². The number of halogens is 1. The molecular weight excluding hydrogens is 338 g/mol. The molecule has 0 saturated carbocycles. The fourth-order valence-electron chi connectivity index (χ4n) is 3.08. The average molecular weight is 360 g/mol. The Labute approximate surface area is 152 Å². The summed E-state index contributed by atoms with van der Waals surface area (Å²) in [6.45, 7) is 4.26. The van der Waals surface area contributed by atoms with E-state index in [0.717, 1.165) is 25.1 Å². The molecule has 1 aliphatic rings. The Morgan fingerprint density at radius 3 is 2.88 bits per heavy atom. The first-order valence-electron chi connectivity index (χ1n) is 8.50. The number of amides is 1. The molecule has 0 bridgehead atoms. The van der Waals surface area contributed by atoms with Gasteiger partial charge in [0, 0.05) is 23.3 Å². The van der Waals surface area contributed by atoms with Crippen LogP contribution in [0.25, 0.3) is 0 Å². The van der Waals surface area contributed by atoms with Crippen LogP contribution in [-0.2, 0) is 6.54 Å². The molecule has 0 radical (unpaired) electrons. The van der Waals surface area contributed by atoms with Crippen LogP contribution in [0, 0.1) is 5.92 Å². The molecule has 0 aliphatic carbocycles. The van der Waals surface area contributed by atoms with E-state index in [9.17, 15) is 9.59 Å². The van der Waals surface area contributed by atoms with E-state index in [2.05, 4.69) is 17.6 Å². The lowest BCUT2D eigenvalue weighted by molar-refractivity contribution is 0.0913. The third-order valence-corrected chi connectivity index (χ3v) is 5.01. The van der Waals surface area contributed by atoms with Crippen LogP contribution in [0.2, 0.25) is 5.02 Å². The molecule has 2 unspecified atom stereocenters. The third kappa shape index (κ3) is 4.30. The van der Waals surface area contributed by atoms with Crippen molar-refractivity contribution in [2.24, 2.45) is 5.92 Å². The molecule has 25 heavy (non-hydrogen) atoms. The van der Waals surface area contributed by atoms with Gasteiger partial charge in [0.15, 0.2) is 0 Å². The van der Waals surface area contributed by atoms with Gasteiger partial charge in [-0.25, -0.2) is 0 Å². The standard InChI is InChI=1S/C19H22ClN3O2/c1-13-10-21-9-8-17(13)22-19(25)15-6-7-18(24)23(12-15)11-14-4-2-3-5-16(14)20/h2-7,12-13,17,21H,8-11H2,1H3,(H,22,25). The molecule has 1 aliphatic heterocycles. The second-order valence-corrected chi connectivity index (χ2v) is 6.93. The Balaban J connectivity index is 1.78. The highest BCUT2D eigenvalue weighted by molar-refractivity contribution is 6.31. The average Bonchev–Trinajstić information content (AvgIpc) is 2.60. The van der Waals surface area contributed by atoms with Crippen LogP contribution in [0.3, 0.4) is 0 Å². The molecule has 2 heterocycles. The summed E-state index contributed by atoms with van der Waals surface area (Å²) in [5.74, 6) is 0.235. The first-order chi connectivity index (χ1) is 12.0. The molecule has 1 amide bonds. The summed E-state index contributed by atoms with van der Waals surface area (Å²) in [7, 11) is 0.